The molecule has 1 saturated carbocycles. The SMILES string of the molecule is CCc1ccc2nc(N(Cc3ccccc3)C(=O)C3CCCC3)sc2c1. The first-order chi connectivity index (χ1) is 12.7. The molecule has 1 aliphatic rings. The quantitative estimate of drug-likeness (QED) is 0.592. The summed E-state index contributed by atoms with van der Waals surface area (Å²) in [6.45, 7) is 2.76. The van der Waals surface area contributed by atoms with Crippen molar-refractivity contribution in [2.24, 2.45) is 5.92 Å². The van der Waals surface area contributed by atoms with Gasteiger partial charge in [-0.05, 0) is 42.5 Å². The van der Waals surface area contributed by atoms with Crippen LogP contribution in [0.2, 0.25) is 0 Å². The number of carbonyl (C=O) groups is 1. The number of nitrogens with zero attached hydrogens (tertiary/aromatic N) is 2. The maximum absolute atomic E-state index is 13.2. The molecule has 0 aliphatic heterocycles. The molecule has 3 nitrogen and oxygen atoms in total. The number of amides is 1. The Balaban J connectivity index is 1.70. The monoisotopic (exact) mass is 364 g/mol. The van der Waals surface area contributed by atoms with Gasteiger partial charge in [0, 0.05) is 5.92 Å². The van der Waals surface area contributed by atoms with Gasteiger partial charge in [0.1, 0.15) is 0 Å². The molecule has 0 radical (unpaired) electrons. The van der Waals surface area contributed by atoms with E-state index in [-0.39, 0.29) is 11.8 Å². The predicted octanol–water partition coefficient (Wildman–Crippen LogP) is 5.58. The molecule has 0 unspecified atom stereocenters. The molecule has 4 rings (SSSR count). The smallest absolute Gasteiger partial charge is 0.232 e. The lowest BCUT2D eigenvalue weighted by molar-refractivity contribution is -0.122. The van der Waals surface area contributed by atoms with E-state index in [1.54, 1.807) is 11.3 Å². The molecule has 1 heterocycles. The van der Waals surface area contributed by atoms with Crippen molar-refractivity contribution in [2.75, 3.05) is 4.90 Å². The Morgan fingerprint density at radius 3 is 2.62 bits per heavy atom. The Labute approximate surface area is 158 Å². The van der Waals surface area contributed by atoms with Crippen molar-refractivity contribution in [1.29, 1.82) is 0 Å². The standard InChI is InChI=1S/C22H24N2OS/c1-2-16-12-13-19-20(14-16)26-22(23-19)24(15-17-8-4-3-5-9-17)21(25)18-10-6-7-11-18/h3-5,8-9,12-14,18H,2,6-7,10-11,15H2,1H3. The molecule has 0 spiro atoms. The second-order valence-corrected chi connectivity index (χ2v) is 8.05. The van der Waals surface area contributed by atoms with E-state index in [4.69, 9.17) is 4.98 Å². The van der Waals surface area contributed by atoms with Gasteiger partial charge in [0.25, 0.3) is 0 Å². The van der Waals surface area contributed by atoms with E-state index >= 15 is 0 Å². The minimum absolute atomic E-state index is 0.150. The zero-order valence-electron chi connectivity index (χ0n) is 15.1. The maximum atomic E-state index is 13.2. The van der Waals surface area contributed by atoms with Crippen molar-refractivity contribution in [2.45, 2.75) is 45.6 Å². The Morgan fingerprint density at radius 1 is 1.12 bits per heavy atom. The van der Waals surface area contributed by atoms with Crippen molar-refractivity contribution >= 4 is 32.6 Å². The second kappa shape index (κ2) is 7.58. The number of rotatable bonds is 5. The average molecular weight is 365 g/mol. The van der Waals surface area contributed by atoms with Crippen LogP contribution < -0.4 is 4.90 Å². The summed E-state index contributed by atoms with van der Waals surface area (Å²) in [6, 6.07) is 16.6. The van der Waals surface area contributed by atoms with Crippen LogP contribution in [0.15, 0.2) is 48.5 Å². The third-order valence-corrected chi connectivity index (χ3v) is 6.28. The number of hydrogen-bond donors (Lipinski definition) is 0. The highest BCUT2D eigenvalue weighted by Crippen LogP contribution is 2.34. The third kappa shape index (κ3) is 3.51. The van der Waals surface area contributed by atoms with Gasteiger partial charge in [-0.2, -0.15) is 0 Å². The van der Waals surface area contributed by atoms with Crippen molar-refractivity contribution in [3.05, 3.63) is 59.7 Å². The van der Waals surface area contributed by atoms with Gasteiger partial charge in [-0.3, -0.25) is 9.69 Å². The van der Waals surface area contributed by atoms with Crippen LogP contribution in [-0.2, 0) is 17.8 Å². The number of anilines is 1. The van der Waals surface area contributed by atoms with Crippen molar-refractivity contribution in [3.8, 4) is 0 Å². The van der Waals surface area contributed by atoms with Crippen LogP contribution in [0.5, 0.6) is 0 Å². The van der Waals surface area contributed by atoms with Crippen LogP contribution in [0.3, 0.4) is 0 Å². The molecule has 2 aromatic carbocycles. The second-order valence-electron chi connectivity index (χ2n) is 7.04. The van der Waals surface area contributed by atoms with Crippen LogP contribution in [0.25, 0.3) is 10.2 Å². The summed E-state index contributed by atoms with van der Waals surface area (Å²) in [5.41, 5.74) is 3.44. The van der Waals surface area contributed by atoms with Crippen LogP contribution in [0.4, 0.5) is 5.13 Å². The molecule has 0 N–H and O–H groups in total. The van der Waals surface area contributed by atoms with Crippen LogP contribution in [0, 0.1) is 5.92 Å². The summed E-state index contributed by atoms with van der Waals surface area (Å²) in [5, 5.41) is 0.828. The summed E-state index contributed by atoms with van der Waals surface area (Å²) >= 11 is 1.64. The van der Waals surface area contributed by atoms with Crippen molar-refractivity contribution in [3.63, 3.8) is 0 Å². The number of aromatic nitrogens is 1. The van der Waals surface area contributed by atoms with E-state index in [1.165, 1.54) is 5.56 Å². The summed E-state index contributed by atoms with van der Waals surface area (Å²) in [6.07, 6.45) is 5.35. The third-order valence-electron chi connectivity index (χ3n) is 5.23. The first-order valence-electron chi connectivity index (χ1n) is 9.49. The van der Waals surface area contributed by atoms with Crippen molar-refractivity contribution in [1.82, 2.24) is 4.98 Å². The molecule has 0 atom stereocenters. The van der Waals surface area contributed by atoms with Crippen LogP contribution >= 0.6 is 11.3 Å². The van der Waals surface area contributed by atoms with Gasteiger partial charge in [-0.25, -0.2) is 4.98 Å². The molecular weight excluding hydrogens is 340 g/mol. The Bertz CT molecular complexity index is 897. The number of carbonyl (C=O) groups excluding carboxylic acids is 1. The van der Waals surface area contributed by atoms with E-state index < -0.39 is 0 Å². The molecule has 1 aliphatic carbocycles. The molecule has 0 bridgehead atoms. The maximum Gasteiger partial charge on any atom is 0.232 e. The lowest BCUT2D eigenvalue weighted by atomic mass is 10.1. The van der Waals surface area contributed by atoms with E-state index in [9.17, 15) is 4.79 Å². The molecule has 134 valence electrons. The van der Waals surface area contributed by atoms with E-state index in [2.05, 4.69) is 37.3 Å². The first kappa shape index (κ1) is 17.2. The highest BCUT2D eigenvalue weighted by molar-refractivity contribution is 7.22. The highest BCUT2D eigenvalue weighted by Gasteiger charge is 2.29. The zero-order valence-corrected chi connectivity index (χ0v) is 16.0. The van der Waals surface area contributed by atoms with Crippen molar-refractivity contribution < 1.29 is 4.79 Å². The van der Waals surface area contributed by atoms with E-state index in [0.29, 0.717) is 6.54 Å². The highest BCUT2D eigenvalue weighted by atomic mass is 32.1. The fraction of sp³-hybridized carbons (Fsp3) is 0.364. The van der Waals surface area contributed by atoms with E-state index in [1.807, 2.05) is 23.1 Å². The number of aryl methyl sites for hydroxylation is 1. The molecule has 1 amide bonds. The number of fused-ring (bicyclic) bond motifs is 1. The van der Waals surface area contributed by atoms with Gasteiger partial charge in [-0.15, -0.1) is 0 Å². The van der Waals surface area contributed by atoms with Gasteiger partial charge >= 0.3 is 0 Å². The Hall–Kier alpha value is -2.20. The van der Waals surface area contributed by atoms with Gasteiger partial charge in [0.2, 0.25) is 5.91 Å². The van der Waals surface area contributed by atoms with Gasteiger partial charge in [-0.1, -0.05) is 67.5 Å². The molecular formula is C22H24N2OS. The zero-order chi connectivity index (χ0) is 17.9. The summed E-state index contributed by atoms with van der Waals surface area (Å²) in [4.78, 5) is 20.0. The molecule has 4 heteroatoms. The Morgan fingerprint density at radius 2 is 1.88 bits per heavy atom. The van der Waals surface area contributed by atoms with Gasteiger partial charge in [0.05, 0.1) is 16.8 Å². The fourth-order valence-corrected chi connectivity index (χ4v) is 4.73. The first-order valence-corrected chi connectivity index (χ1v) is 10.3. The minimum atomic E-state index is 0.150. The fourth-order valence-electron chi connectivity index (χ4n) is 3.69. The molecule has 0 saturated heterocycles. The van der Waals surface area contributed by atoms with E-state index in [0.717, 1.165) is 53.0 Å². The predicted molar refractivity (Wildman–Crippen MR) is 109 cm³/mol. The number of benzene rings is 2. The lowest BCUT2D eigenvalue weighted by Gasteiger charge is -2.23. The number of thiazole rings is 1. The van der Waals surface area contributed by atoms with Crippen LogP contribution in [0.1, 0.15) is 43.7 Å². The molecule has 26 heavy (non-hydrogen) atoms. The molecule has 1 aromatic heterocycles. The van der Waals surface area contributed by atoms with Gasteiger partial charge in [0.15, 0.2) is 5.13 Å². The summed E-state index contributed by atoms with van der Waals surface area (Å²) in [7, 11) is 0. The Kier molecular flexibility index (Phi) is 5.02. The average Bonchev–Trinajstić information content (AvgIpc) is 3.35. The van der Waals surface area contributed by atoms with Crippen LogP contribution in [-0.4, -0.2) is 10.9 Å². The minimum Gasteiger partial charge on any atom is -0.283 e. The summed E-state index contributed by atoms with van der Waals surface area (Å²) in [5.74, 6) is 0.387. The molecule has 3 aromatic rings. The lowest BCUT2D eigenvalue weighted by Crippen LogP contribution is -2.34. The topological polar surface area (TPSA) is 33.2 Å². The normalized spacial score (nSPS) is 14.8. The van der Waals surface area contributed by atoms with Gasteiger partial charge < -0.3 is 0 Å². The molecule has 1 fully saturated rings. The number of hydrogen-bond acceptors (Lipinski definition) is 3. The summed E-state index contributed by atoms with van der Waals surface area (Å²) < 4.78 is 1.16. The largest absolute Gasteiger partial charge is 0.283 e.